The number of nitrogens with one attached hydrogen (secondary N) is 1. The molecule has 3 aromatic heterocycles. The molecule has 1 aliphatic carbocycles. The van der Waals surface area contributed by atoms with Gasteiger partial charge in [0.05, 0.1) is 5.52 Å². The minimum Gasteiger partial charge on any atom is -0.310 e. The minimum atomic E-state index is 0.112. The Morgan fingerprint density at radius 2 is 1.92 bits per heavy atom. The van der Waals surface area contributed by atoms with Crippen LogP contribution in [0.4, 0.5) is 5.82 Å². The second-order valence-electron chi connectivity index (χ2n) is 7.13. The fourth-order valence-corrected chi connectivity index (χ4v) is 4.12. The maximum atomic E-state index is 12.5. The van der Waals surface area contributed by atoms with E-state index in [1.54, 1.807) is 18.7 Å². The first-order chi connectivity index (χ1) is 12.2. The number of fused-ring (bicyclic) bond motifs is 2. The highest BCUT2D eigenvalue weighted by atomic mass is 16.2. The molecule has 0 bridgehead atoms. The number of anilines is 1. The Hall–Kier alpha value is -2.73. The van der Waals surface area contributed by atoms with Crippen LogP contribution in [0.25, 0.3) is 16.6 Å². The van der Waals surface area contributed by atoms with E-state index in [9.17, 15) is 4.79 Å². The molecule has 1 N–H and O–H groups in total. The van der Waals surface area contributed by atoms with Gasteiger partial charge in [-0.05, 0) is 42.6 Å². The predicted octanol–water partition coefficient (Wildman–Crippen LogP) is 2.14. The van der Waals surface area contributed by atoms with Gasteiger partial charge in [0, 0.05) is 49.2 Å². The molecule has 0 radical (unpaired) electrons. The summed E-state index contributed by atoms with van der Waals surface area (Å²) in [5.41, 5.74) is 3.22. The summed E-state index contributed by atoms with van der Waals surface area (Å²) in [5, 5.41) is 3.00. The number of hydrogen-bond acceptors (Lipinski definition) is 4. The molecule has 2 aliphatic rings. The normalized spacial score (nSPS) is 25.1. The van der Waals surface area contributed by atoms with E-state index in [1.807, 2.05) is 28.8 Å². The highest BCUT2D eigenvalue weighted by Crippen LogP contribution is 2.51. The second kappa shape index (κ2) is 5.39. The Morgan fingerprint density at radius 1 is 1.16 bits per heavy atom. The van der Waals surface area contributed by atoms with Gasteiger partial charge in [0.15, 0.2) is 0 Å². The van der Waals surface area contributed by atoms with E-state index in [2.05, 4.69) is 33.3 Å². The Kier molecular flexibility index (Phi) is 3.15. The summed E-state index contributed by atoms with van der Waals surface area (Å²) in [6.45, 7) is 2.06. The van der Waals surface area contributed by atoms with Crippen molar-refractivity contribution < 1.29 is 4.79 Å². The minimum absolute atomic E-state index is 0.112. The molecule has 2 unspecified atom stereocenters. The Balaban J connectivity index is 1.35. The molecule has 6 heteroatoms. The van der Waals surface area contributed by atoms with Crippen LogP contribution in [0.5, 0.6) is 0 Å². The lowest BCUT2D eigenvalue weighted by atomic mass is 10.1. The van der Waals surface area contributed by atoms with Crippen molar-refractivity contribution in [3.8, 4) is 11.1 Å². The average molecular weight is 333 g/mol. The third-order valence-corrected chi connectivity index (χ3v) is 5.43. The van der Waals surface area contributed by atoms with Crippen LogP contribution < -0.4 is 5.32 Å². The van der Waals surface area contributed by atoms with Gasteiger partial charge in [-0.25, -0.2) is 4.98 Å². The van der Waals surface area contributed by atoms with Crippen molar-refractivity contribution in [1.82, 2.24) is 19.3 Å². The number of hydrogen-bond donors (Lipinski definition) is 1. The third-order valence-electron chi connectivity index (χ3n) is 5.43. The van der Waals surface area contributed by atoms with Crippen LogP contribution in [0.15, 0.2) is 49.2 Å². The van der Waals surface area contributed by atoms with Gasteiger partial charge in [0.25, 0.3) is 0 Å². The van der Waals surface area contributed by atoms with Crippen molar-refractivity contribution in [2.24, 2.45) is 17.8 Å². The highest BCUT2D eigenvalue weighted by Gasteiger charge is 2.58. The summed E-state index contributed by atoms with van der Waals surface area (Å²) < 4.78 is 1.96. The summed E-state index contributed by atoms with van der Waals surface area (Å²) >= 11 is 0. The number of piperidine rings is 1. The number of rotatable bonds is 3. The first kappa shape index (κ1) is 14.6. The number of pyridine rings is 1. The van der Waals surface area contributed by atoms with E-state index in [-0.39, 0.29) is 11.8 Å². The molecule has 1 amide bonds. The topological polar surface area (TPSA) is 62.5 Å². The number of likely N-dealkylation sites (tertiary alicyclic amines) is 1. The lowest BCUT2D eigenvalue weighted by Gasteiger charge is -2.12. The lowest BCUT2D eigenvalue weighted by Crippen LogP contribution is -2.25. The quantitative estimate of drug-likeness (QED) is 0.798. The second-order valence-corrected chi connectivity index (χ2v) is 7.13. The van der Waals surface area contributed by atoms with Gasteiger partial charge in [0.1, 0.15) is 12.1 Å². The van der Waals surface area contributed by atoms with Crippen molar-refractivity contribution in [3.63, 3.8) is 0 Å². The fraction of sp³-hybridized carbons (Fsp3) is 0.316. The van der Waals surface area contributed by atoms with Crippen LogP contribution >= 0.6 is 0 Å². The van der Waals surface area contributed by atoms with E-state index in [4.69, 9.17) is 0 Å². The van der Waals surface area contributed by atoms with Gasteiger partial charge >= 0.3 is 0 Å². The number of nitrogens with zero attached hydrogens (tertiary/aromatic N) is 4. The molecule has 0 aromatic carbocycles. The molecule has 6 nitrogen and oxygen atoms in total. The molecule has 4 heterocycles. The van der Waals surface area contributed by atoms with Crippen molar-refractivity contribution in [1.29, 1.82) is 0 Å². The zero-order chi connectivity index (χ0) is 17.0. The molecule has 25 heavy (non-hydrogen) atoms. The summed E-state index contributed by atoms with van der Waals surface area (Å²) in [5.74, 6) is 1.95. The molecule has 0 spiro atoms. The first-order valence-electron chi connectivity index (χ1n) is 8.56. The largest absolute Gasteiger partial charge is 0.310 e. The average Bonchev–Trinajstić information content (AvgIpc) is 2.95. The van der Waals surface area contributed by atoms with Crippen LogP contribution in [0, 0.1) is 17.8 Å². The van der Waals surface area contributed by atoms with E-state index in [0.29, 0.717) is 17.7 Å². The van der Waals surface area contributed by atoms with Crippen molar-refractivity contribution >= 4 is 17.2 Å². The van der Waals surface area contributed by atoms with Gasteiger partial charge in [-0.1, -0.05) is 0 Å². The Morgan fingerprint density at radius 3 is 2.68 bits per heavy atom. The third kappa shape index (κ3) is 2.49. The van der Waals surface area contributed by atoms with Gasteiger partial charge in [-0.3, -0.25) is 9.78 Å². The van der Waals surface area contributed by atoms with Crippen LogP contribution in [0.3, 0.4) is 0 Å². The van der Waals surface area contributed by atoms with E-state index in [1.165, 1.54) is 0 Å². The molecule has 2 atom stereocenters. The van der Waals surface area contributed by atoms with Crippen LogP contribution in [0.1, 0.15) is 0 Å². The van der Waals surface area contributed by atoms with Gasteiger partial charge < -0.3 is 14.6 Å². The smallest absolute Gasteiger partial charge is 0.229 e. The van der Waals surface area contributed by atoms with Crippen LogP contribution in [0.2, 0.25) is 0 Å². The molecular formula is C19H19N5O. The molecule has 3 aromatic rings. The van der Waals surface area contributed by atoms with Crippen molar-refractivity contribution in [2.75, 3.05) is 25.5 Å². The number of carbonyl (C=O) groups excluding carboxylic acids is 1. The Labute approximate surface area is 145 Å². The number of aromatic nitrogens is 3. The molecule has 126 valence electrons. The molecular weight excluding hydrogens is 314 g/mol. The highest BCUT2D eigenvalue weighted by molar-refractivity contribution is 5.94. The van der Waals surface area contributed by atoms with Gasteiger partial charge in [0.2, 0.25) is 5.91 Å². The number of amides is 1. The maximum Gasteiger partial charge on any atom is 0.229 e. The Bertz CT molecular complexity index is 939. The monoisotopic (exact) mass is 333 g/mol. The predicted molar refractivity (Wildman–Crippen MR) is 95.0 cm³/mol. The zero-order valence-electron chi connectivity index (χ0n) is 14.0. The van der Waals surface area contributed by atoms with Gasteiger partial charge in [-0.2, -0.15) is 0 Å². The fourth-order valence-electron chi connectivity index (χ4n) is 4.12. The van der Waals surface area contributed by atoms with E-state index >= 15 is 0 Å². The van der Waals surface area contributed by atoms with Crippen LogP contribution in [-0.4, -0.2) is 45.3 Å². The molecule has 2 fully saturated rings. The molecule has 1 saturated carbocycles. The number of carbonyl (C=O) groups is 1. The van der Waals surface area contributed by atoms with Crippen molar-refractivity contribution in [2.45, 2.75) is 0 Å². The zero-order valence-corrected chi connectivity index (χ0v) is 14.0. The summed E-state index contributed by atoms with van der Waals surface area (Å²) in [6, 6.07) is 7.97. The molecule has 1 aliphatic heterocycles. The summed E-state index contributed by atoms with van der Waals surface area (Å²) in [6.07, 6.45) is 7.35. The van der Waals surface area contributed by atoms with E-state index in [0.717, 1.165) is 29.7 Å². The molecule has 1 saturated heterocycles. The van der Waals surface area contributed by atoms with Gasteiger partial charge in [-0.15, -0.1) is 0 Å². The molecule has 5 rings (SSSR count). The lowest BCUT2D eigenvalue weighted by molar-refractivity contribution is -0.118. The maximum absolute atomic E-state index is 12.5. The summed E-state index contributed by atoms with van der Waals surface area (Å²) in [4.78, 5) is 23.2. The van der Waals surface area contributed by atoms with E-state index < -0.39 is 0 Å². The summed E-state index contributed by atoms with van der Waals surface area (Å²) in [7, 11) is 2.11. The SMILES string of the molecule is CN1CC2C(C1)C2C(=O)Nc1cc2cc(-c3ccncc3)cn2cn1. The standard InChI is InChI=1S/C19H19N5O/c1-23-9-15-16(10-23)18(15)19(25)22-17-7-14-6-13(8-24(14)11-21-17)12-2-4-20-5-3-12/h2-8,11,15-16,18H,9-10H2,1H3,(H,22,25). The van der Waals surface area contributed by atoms with Crippen molar-refractivity contribution in [3.05, 3.63) is 49.2 Å². The van der Waals surface area contributed by atoms with Crippen LogP contribution in [-0.2, 0) is 4.79 Å². The first-order valence-corrected chi connectivity index (χ1v) is 8.56.